The number of nitrogens with one attached hydrogen (secondary N) is 1. The van der Waals surface area contributed by atoms with Gasteiger partial charge in [-0.25, -0.2) is 0 Å². The molecule has 21 heavy (non-hydrogen) atoms. The zero-order valence-corrected chi connectivity index (χ0v) is 12.9. The zero-order chi connectivity index (χ0) is 15.2. The van der Waals surface area contributed by atoms with Gasteiger partial charge in [0.25, 0.3) is 5.91 Å². The van der Waals surface area contributed by atoms with Crippen molar-refractivity contribution in [2.75, 3.05) is 23.3 Å². The molecule has 0 aliphatic rings. The molecule has 1 amide bonds. The standard InChI is InChI=1S/C18H22N2O/c1-4-19-16-12-8-7-11-15(16)18(21)20(5-2)17-13-9-6-10-14(17)3/h6-13,19H,4-5H2,1-3H3. The van der Waals surface area contributed by atoms with E-state index in [4.69, 9.17) is 0 Å². The summed E-state index contributed by atoms with van der Waals surface area (Å²) in [5, 5.41) is 3.25. The highest BCUT2D eigenvalue weighted by Crippen LogP contribution is 2.24. The number of rotatable bonds is 5. The predicted molar refractivity (Wildman–Crippen MR) is 89.1 cm³/mol. The first kappa shape index (κ1) is 15.1. The number of carbonyl (C=O) groups is 1. The van der Waals surface area contributed by atoms with Crippen LogP contribution in [0, 0.1) is 6.92 Å². The van der Waals surface area contributed by atoms with Crippen LogP contribution < -0.4 is 10.2 Å². The molecule has 2 aromatic carbocycles. The van der Waals surface area contributed by atoms with E-state index in [0.717, 1.165) is 23.5 Å². The minimum Gasteiger partial charge on any atom is -0.385 e. The Morgan fingerprint density at radius 2 is 1.71 bits per heavy atom. The highest BCUT2D eigenvalue weighted by atomic mass is 16.2. The molecule has 0 radical (unpaired) electrons. The molecule has 0 atom stereocenters. The number of aryl methyl sites for hydroxylation is 1. The molecule has 0 fully saturated rings. The van der Waals surface area contributed by atoms with E-state index in [0.29, 0.717) is 12.1 Å². The fraction of sp³-hybridized carbons (Fsp3) is 0.278. The number of amides is 1. The molecule has 3 nitrogen and oxygen atoms in total. The number of para-hydroxylation sites is 2. The van der Waals surface area contributed by atoms with Gasteiger partial charge in [0, 0.05) is 24.5 Å². The van der Waals surface area contributed by atoms with Gasteiger partial charge in [0.05, 0.1) is 5.56 Å². The van der Waals surface area contributed by atoms with Gasteiger partial charge in [-0.05, 0) is 44.5 Å². The van der Waals surface area contributed by atoms with Crippen LogP contribution in [0.25, 0.3) is 0 Å². The lowest BCUT2D eigenvalue weighted by Crippen LogP contribution is -2.31. The molecule has 0 saturated carbocycles. The van der Waals surface area contributed by atoms with Gasteiger partial charge in [-0.3, -0.25) is 4.79 Å². The Bertz CT molecular complexity index is 622. The molecule has 0 bridgehead atoms. The summed E-state index contributed by atoms with van der Waals surface area (Å²) in [5.74, 6) is 0.0309. The molecule has 2 rings (SSSR count). The first-order valence-corrected chi connectivity index (χ1v) is 7.39. The van der Waals surface area contributed by atoms with Crippen LogP contribution >= 0.6 is 0 Å². The van der Waals surface area contributed by atoms with E-state index in [1.165, 1.54) is 0 Å². The predicted octanol–water partition coefficient (Wildman–Crippen LogP) is 4.09. The Kier molecular flexibility index (Phi) is 4.99. The Morgan fingerprint density at radius 1 is 1.05 bits per heavy atom. The van der Waals surface area contributed by atoms with Gasteiger partial charge in [-0.15, -0.1) is 0 Å². The van der Waals surface area contributed by atoms with Crippen LogP contribution in [0.2, 0.25) is 0 Å². The summed E-state index contributed by atoms with van der Waals surface area (Å²) in [6.07, 6.45) is 0. The van der Waals surface area contributed by atoms with Crippen molar-refractivity contribution >= 4 is 17.3 Å². The molecule has 2 aromatic rings. The van der Waals surface area contributed by atoms with Crippen LogP contribution in [0.4, 0.5) is 11.4 Å². The number of benzene rings is 2. The average molecular weight is 282 g/mol. The van der Waals surface area contributed by atoms with Crippen molar-refractivity contribution in [1.29, 1.82) is 0 Å². The molecule has 3 heteroatoms. The SMILES string of the molecule is CCNc1ccccc1C(=O)N(CC)c1ccccc1C. The van der Waals surface area contributed by atoms with E-state index < -0.39 is 0 Å². The fourth-order valence-electron chi connectivity index (χ4n) is 2.45. The third-order valence-electron chi connectivity index (χ3n) is 3.49. The molecular formula is C18H22N2O. The molecule has 0 saturated heterocycles. The van der Waals surface area contributed by atoms with Crippen molar-refractivity contribution in [3.8, 4) is 0 Å². The van der Waals surface area contributed by atoms with Crippen molar-refractivity contribution in [3.05, 3.63) is 59.7 Å². The van der Waals surface area contributed by atoms with Crippen LogP contribution in [0.1, 0.15) is 29.8 Å². The van der Waals surface area contributed by atoms with Gasteiger partial charge in [-0.2, -0.15) is 0 Å². The van der Waals surface area contributed by atoms with E-state index >= 15 is 0 Å². The first-order chi connectivity index (χ1) is 10.2. The Hall–Kier alpha value is -2.29. The number of hydrogen-bond donors (Lipinski definition) is 1. The summed E-state index contributed by atoms with van der Waals surface area (Å²) >= 11 is 0. The molecule has 0 aromatic heterocycles. The van der Waals surface area contributed by atoms with Crippen molar-refractivity contribution in [3.63, 3.8) is 0 Å². The van der Waals surface area contributed by atoms with Crippen molar-refractivity contribution in [1.82, 2.24) is 0 Å². The number of anilines is 2. The van der Waals surface area contributed by atoms with E-state index in [2.05, 4.69) is 5.32 Å². The average Bonchev–Trinajstić information content (AvgIpc) is 2.50. The Balaban J connectivity index is 2.40. The minimum absolute atomic E-state index is 0.0309. The second-order valence-electron chi connectivity index (χ2n) is 4.91. The molecule has 0 spiro atoms. The molecule has 0 unspecified atom stereocenters. The van der Waals surface area contributed by atoms with Crippen molar-refractivity contribution in [2.24, 2.45) is 0 Å². The molecule has 0 aliphatic heterocycles. The third kappa shape index (κ3) is 3.24. The zero-order valence-electron chi connectivity index (χ0n) is 12.9. The first-order valence-electron chi connectivity index (χ1n) is 7.39. The van der Waals surface area contributed by atoms with Gasteiger partial charge in [0.15, 0.2) is 0 Å². The maximum atomic E-state index is 12.9. The summed E-state index contributed by atoms with van der Waals surface area (Å²) < 4.78 is 0. The maximum absolute atomic E-state index is 12.9. The van der Waals surface area contributed by atoms with Crippen LogP contribution in [-0.2, 0) is 0 Å². The Labute approximate surface area is 126 Å². The highest BCUT2D eigenvalue weighted by molar-refractivity contribution is 6.09. The second-order valence-corrected chi connectivity index (χ2v) is 4.91. The van der Waals surface area contributed by atoms with Crippen molar-refractivity contribution in [2.45, 2.75) is 20.8 Å². The summed E-state index contributed by atoms with van der Waals surface area (Å²) in [7, 11) is 0. The van der Waals surface area contributed by atoms with E-state index in [9.17, 15) is 4.79 Å². The van der Waals surface area contributed by atoms with Gasteiger partial charge in [-0.1, -0.05) is 30.3 Å². The van der Waals surface area contributed by atoms with Crippen LogP contribution in [0.15, 0.2) is 48.5 Å². The number of nitrogens with zero attached hydrogens (tertiary/aromatic N) is 1. The monoisotopic (exact) mass is 282 g/mol. The number of hydrogen-bond acceptors (Lipinski definition) is 2. The number of carbonyl (C=O) groups excluding carboxylic acids is 1. The largest absolute Gasteiger partial charge is 0.385 e. The fourth-order valence-corrected chi connectivity index (χ4v) is 2.45. The third-order valence-corrected chi connectivity index (χ3v) is 3.49. The molecule has 1 N–H and O–H groups in total. The Morgan fingerprint density at radius 3 is 2.38 bits per heavy atom. The maximum Gasteiger partial charge on any atom is 0.260 e. The summed E-state index contributed by atoms with van der Waals surface area (Å²) in [4.78, 5) is 14.7. The lowest BCUT2D eigenvalue weighted by atomic mass is 10.1. The smallest absolute Gasteiger partial charge is 0.260 e. The topological polar surface area (TPSA) is 32.3 Å². The molecule has 110 valence electrons. The molecular weight excluding hydrogens is 260 g/mol. The van der Waals surface area contributed by atoms with E-state index in [-0.39, 0.29) is 5.91 Å². The van der Waals surface area contributed by atoms with Crippen LogP contribution in [0.3, 0.4) is 0 Å². The summed E-state index contributed by atoms with van der Waals surface area (Å²) in [5.41, 5.74) is 3.67. The normalized spacial score (nSPS) is 10.2. The lowest BCUT2D eigenvalue weighted by Gasteiger charge is -2.24. The summed E-state index contributed by atoms with van der Waals surface area (Å²) in [6.45, 7) is 7.49. The van der Waals surface area contributed by atoms with Gasteiger partial charge in [0.1, 0.15) is 0 Å². The summed E-state index contributed by atoms with van der Waals surface area (Å²) in [6, 6.07) is 15.6. The van der Waals surface area contributed by atoms with E-state index in [1.54, 1.807) is 0 Å². The lowest BCUT2D eigenvalue weighted by molar-refractivity contribution is 0.0989. The minimum atomic E-state index is 0.0309. The second kappa shape index (κ2) is 6.93. The molecule has 0 aliphatic carbocycles. The van der Waals surface area contributed by atoms with Crippen LogP contribution in [0.5, 0.6) is 0 Å². The van der Waals surface area contributed by atoms with Gasteiger partial charge < -0.3 is 10.2 Å². The van der Waals surface area contributed by atoms with Gasteiger partial charge in [0.2, 0.25) is 0 Å². The molecule has 0 heterocycles. The van der Waals surface area contributed by atoms with Gasteiger partial charge >= 0.3 is 0 Å². The highest BCUT2D eigenvalue weighted by Gasteiger charge is 2.19. The van der Waals surface area contributed by atoms with Crippen molar-refractivity contribution < 1.29 is 4.79 Å². The quantitative estimate of drug-likeness (QED) is 0.895. The van der Waals surface area contributed by atoms with Crippen LogP contribution in [-0.4, -0.2) is 19.0 Å². The van der Waals surface area contributed by atoms with E-state index in [1.807, 2.05) is 74.2 Å².